The van der Waals surface area contributed by atoms with Gasteiger partial charge in [0, 0.05) is 0 Å². The van der Waals surface area contributed by atoms with Crippen molar-refractivity contribution in [2.24, 2.45) is 0 Å². The van der Waals surface area contributed by atoms with Gasteiger partial charge in [-0.25, -0.2) is 0 Å². The maximum atomic E-state index is 9.40. The molecule has 0 bridgehead atoms. The minimum absolute atomic E-state index is 0.0953. The Balaban J connectivity index is 2.32. The van der Waals surface area contributed by atoms with Crippen LogP contribution in [0.3, 0.4) is 0 Å². The fourth-order valence-corrected chi connectivity index (χ4v) is 1.84. The summed E-state index contributed by atoms with van der Waals surface area (Å²) in [5.41, 5.74) is 2.11. The molecule has 0 saturated heterocycles. The Labute approximate surface area is 101 Å². The highest BCUT2D eigenvalue weighted by atomic mass is 16.5. The molecule has 1 N–H and O–H groups in total. The third-order valence-corrected chi connectivity index (χ3v) is 2.78. The number of hydrogen-bond acceptors (Lipinski definition) is 1. The molecule has 1 unspecified atom stereocenters. The van der Waals surface area contributed by atoms with Crippen LogP contribution in [-0.4, -0.2) is 18.2 Å². The zero-order chi connectivity index (χ0) is 12.1. The number of rotatable bonds is 4. The summed E-state index contributed by atoms with van der Waals surface area (Å²) in [4.78, 5) is 9.40. The smallest absolute Gasteiger partial charge is 0.293 e. The molecule has 17 heavy (non-hydrogen) atoms. The molecule has 2 heteroatoms. The molecule has 2 rings (SSSR count). The van der Waals surface area contributed by atoms with Gasteiger partial charge in [-0.1, -0.05) is 42.5 Å². The number of hydrogen-bond donors (Lipinski definition) is 0. The highest BCUT2D eigenvalue weighted by Crippen LogP contribution is 2.24. The Morgan fingerprint density at radius 3 is 2.06 bits per heavy atom. The summed E-state index contributed by atoms with van der Waals surface area (Å²) >= 11 is 0. The van der Waals surface area contributed by atoms with E-state index in [1.54, 1.807) is 7.11 Å². The van der Waals surface area contributed by atoms with Crippen LogP contribution in [0.1, 0.15) is 17.0 Å². The van der Waals surface area contributed by atoms with Crippen LogP contribution in [0.5, 0.6) is 5.75 Å². The van der Waals surface area contributed by atoms with Gasteiger partial charge in [0.05, 0.1) is 7.11 Å². The van der Waals surface area contributed by atoms with Crippen molar-refractivity contribution in [2.75, 3.05) is 7.11 Å². The summed E-state index contributed by atoms with van der Waals surface area (Å²) in [6, 6.07) is 17.6. The topological polar surface area (TPSA) is 30.6 Å². The van der Waals surface area contributed by atoms with Gasteiger partial charge in [-0.3, -0.25) is 4.79 Å². The molecular weight excluding hydrogens is 212 g/mol. The lowest BCUT2D eigenvalue weighted by Crippen LogP contribution is -2.02. The molecule has 2 aromatic carbocycles. The zero-order valence-electron chi connectivity index (χ0n) is 9.71. The third-order valence-electron chi connectivity index (χ3n) is 2.78. The highest BCUT2D eigenvalue weighted by Gasteiger charge is 2.15. The van der Waals surface area contributed by atoms with Gasteiger partial charge >= 0.3 is 0 Å². The Hall–Kier alpha value is -2.09. The molecule has 0 aliphatic heterocycles. The van der Waals surface area contributed by atoms with Crippen molar-refractivity contribution >= 4 is 6.29 Å². The molecule has 0 saturated carbocycles. The molecule has 0 heterocycles. The van der Waals surface area contributed by atoms with Gasteiger partial charge in [0.2, 0.25) is 0 Å². The molecule has 2 nitrogen and oxygen atoms in total. The van der Waals surface area contributed by atoms with Crippen LogP contribution in [-0.2, 0) is 0 Å². The maximum absolute atomic E-state index is 9.40. The average molecular weight is 227 g/mol. The van der Waals surface area contributed by atoms with E-state index in [1.165, 1.54) is 6.29 Å². The van der Waals surface area contributed by atoms with Crippen LogP contribution in [0.4, 0.5) is 0 Å². The van der Waals surface area contributed by atoms with Gasteiger partial charge in [0.1, 0.15) is 11.7 Å². The van der Waals surface area contributed by atoms with Gasteiger partial charge in [0.25, 0.3) is 6.29 Å². The van der Waals surface area contributed by atoms with Crippen molar-refractivity contribution in [2.45, 2.75) is 5.92 Å². The molecule has 0 amide bonds. The molecule has 0 fully saturated rings. The van der Waals surface area contributed by atoms with Gasteiger partial charge in [-0.15, -0.1) is 0 Å². The van der Waals surface area contributed by atoms with E-state index in [-0.39, 0.29) is 5.92 Å². The van der Waals surface area contributed by atoms with E-state index in [4.69, 9.17) is 4.74 Å². The van der Waals surface area contributed by atoms with Crippen molar-refractivity contribution in [1.82, 2.24) is 0 Å². The van der Waals surface area contributed by atoms with Crippen molar-refractivity contribution in [3.63, 3.8) is 0 Å². The van der Waals surface area contributed by atoms with Crippen LogP contribution < -0.4 is 4.74 Å². The lowest BCUT2D eigenvalue weighted by atomic mass is 9.93. The van der Waals surface area contributed by atoms with Gasteiger partial charge in [0.15, 0.2) is 0 Å². The van der Waals surface area contributed by atoms with E-state index < -0.39 is 0 Å². The largest absolute Gasteiger partial charge is 0.497 e. The summed E-state index contributed by atoms with van der Waals surface area (Å²) in [7, 11) is 1.64. The summed E-state index contributed by atoms with van der Waals surface area (Å²) in [5.74, 6) is 0.723. The molecule has 2 aromatic rings. The second kappa shape index (κ2) is 5.30. The highest BCUT2D eigenvalue weighted by molar-refractivity contribution is 5.69. The van der Waals surface area contributed by atoms with Gasteiger partial charge in [-0.05, 0) is 23.3 Å². The minimum atomic E-state index is -0.0953. The summed E-state index contributed by atoms with van der Waals surface area (Å²) in [5, 5.41) is 0. The first-order valence-corrected chi connectivity index (χ1v) is 5.51. The number of methoxy groups -OCH3 is 1. The Kier molecular flexibility index (Phi) is 3.55. The second-order valence-corrected chi connectivity index (χ2v) is 3.81. The zero-order valence-corrected chi connectivity index (χ0v) is 9.71. The van der Waals surface area contributed by atoms with E-state index in [0.717, 1.165) is 16.9 Å². The van der Waals surface area contributed by atoms with Crippen LogP contribution in [0, 0.1) is 0 Å². The predicted molar refractivity (Wildman–Crippen MR) is 69.3 cm³/mol. The van der Waals surface area contributed by atoms with E-state index >= 15 is 0 Å². The average Bonchev–Trinajstić information content (AvgIpc) is 2.42. The Morgan fingerprint density at radius 1 is 0.941 bits per heavy atom. The standard InChI is InChI=1S/C15H14O2/c1-17-14-9-7-13(8-10-14)15(11-16)12-5-3-2-4-6-12/h2-11,15H,1H3/p+1. The third kappa shape index (κ3) is 2.53. The second-order valence-electron chi connectivity index (χ2n) is 3.81. The van der Waals surface area contributed by atoms with Crippen molar-refractivity contribution < 1.29 is 9.53 Å². The SMILES string of the molecule is COc1ccc(C(C=[OH+])c2ccccc2)cc1. The maximum Gasteiger partial charge on any atom is 0.293 e. The number of ether oxygens (including phenoxy) is 1. The first kappa shape index (κ1) is 11.4. The molecule has 0 spiro atoms. The number of aldehydes is 1. The molecule has 86 valence electrons. The quantitative estimate of drug-likeness (QED) is 0.583. The molecular formula is C15H15O2+. The van der Waals surface area contributed by atoms with Gasteiger partial charge < -0.3 is 4.74 Å². The van der Waals surface area contributed by atoms with Crippen LogP contribution in [0.25, 0.3) is 0 Å². The fourth-order valence-electron chi connectivity index (χ4n) is 1.84. The number of benzene rings is 2. The first-order chi connectivity index (χ1) is 8.35. The molecule has 0 radical (unpaired) electrons. The lowest BCUT2D eigenvalue weighted by molar-refractivity contribution is 0.414. The van der Waals surface area contributed by atoms with Crippen molar-refractivity contribution in [3.8, 4) is 5.75 Å². The Morgan fingerprint density at radius 2 is 1.53 bits per heavy atom. The van der Waals surface area contributed by atoms with E-state index in [0.29, 0.717) is 0 Å². The minimum Gasteiger partial charge on any atom is -0.497 e. The molecule has 0 aromatic heterocycles. The molecule has 1 atom stereocenters. The van der Waals surface area contributed by atoms with E-state index in [9.17, 15) is 4.79 Å². The Bertz CT molecular complexity index is 474. The van der Waals surface area contributed by atoms with Gasteiger partial charge in [-0.2, -0.15) is 0 Å². The van der Waals surface area contributed by atoms with Crippen molar-refractivity contribution in [3.05, 3.63) is 65.7 Å². The number of carbonyl (C=O) groups excluding carboxylic acids is 1. The summed E-state index contributed by atoms with van der Waals surface area (Å²) < 4.78 is 5.12. The monoisotopic (exact) mass is 227 g/mol. The van der Waals surface area contributed by atoms with Crippen LogP contribution in [0.15, 0.2) is 54.6 Å². The summed E-state index contributed by atoms with van der Waals surface area (Å²) in [6.45, 7) is 0. The molecule has 0 aliphatic carbocycles. The normalized spacial score (nSPS) is 11.8. The molecule has 0 aliphatic rings. The van der Waals surface area contributed by atoms with E-state index in [1.807, 2.05) is 54.6 Å². The van der Waals surface area contributed by atoms with Crippen LogP contribution >= 0.6 is 0 Å². The fraction of sp³-hybridized carbons (Fsp3) is 0.133. The van der Waals surface area contributed by atoms with Crippen LogP contribution in [0.2, 0.25) is 0 Å². The van der Waals surface area contributed by atoms with Crippen molar-refractivity contribution in [1.29, 1.82) is 0 Å². The lowest BCUT2D eigenvalue weighted by Gasteiger charge is -2.09. The van der Waals surface area contributed by atoms with E-state index in [2.05, 4.69) is 0 Å². The summed E-state index contributed by atoms with van der Waals surface area (Å²) in [6.07, 6.45) is 1.22. The predicted octanol–water partition coefficient (Wildman–Crippen LogP) is 3.00. The first-order valence-electron chi connectivity index (χ1n) is 5.51.